The van der Waals surface area contributed by atoms with Gasteiger partial charge in [0.15, 0.2) is 6.04 Å². The van der Waals surface area contributed by atoms with Crippen molar-refractivity contribution in [3.8, 4) is 17.0 Å². The van der Waals surface area contributed by atoms with E-state index < -0.39 is 18.1 Å². The number of aromatic amines is 1. The van der Waals surface area contributed by atoms with Crippen molar-refractivity contribution in [2.24, 2.45) is 0 Å². The number of benzene rings is 1. The summed E-state index contributed by atoms with van der Waals surface area (Å²) < 4.78 is 45.5. The first kappa shape index (κ1) is 18.4. The molecule has 3 rings (SSSR count). The van der Waals surface area contributed by atoms with Gasteiger partial charge in [0, 0.05) is 23.5 Å². The van der Waals surface area contributed by atoms with Gasteiger partial charge >= 0.3 is 6.18 Å². The number of rotatable bonds is 5. The number of pyridine rings is 1. The molecule has 0 aliphatic heterocycles. The van der Waals surface area contributed by atoms with Crippen LogP contribution in [0.4, 0.5) is 13.2 Å². The number of nitrogens with zero attached hydrogens (tertiary/aromatic N) is 2. The Bertz CT molecular complexity index is 926. The number of nitrogens with one attached hydrogen (secondary N) is 2. The van der Waals surface area contributed by atoms with Gasteiger partial charge in [-0.05, 0) is 18.2 Å². The lowest BCUT2D eigenvalue weighted by molar-refractivity contribution is -0.155. The standard InChI is InChI=1S/C18H15F3N4O2/c1-27-13-6-2-4-11(8-13)15-14(10-23-25-15)17(26)24-16(18(19,20)21)12-5-3-7-22-9-12/h2-10,16H,1H3,(H,23,25)(H,24,26)/t16-/m1/s1. The zero-order valence-corrected chi connectivity index (χ0v) is 14.1. The smallest absolute Gasteiger partial charge is 0.412 e. The molecule has 0 aliphatic carbocycles. The Hall–Kier alpha value is -3.36. The van der Waals surface area contributed by atoms with Crippen molar-refractivity contribution in [3.05, 3.63) is 66.1 Å². The number of H-pyrrole nitrogens is 1. The topological polar surface area (TPSA) is 79.9 Å². The maximum absolute atomic E-state index is 13.4. The minimum absolute atomic E-state index is 0.0126. The van der Waals surface area contributed by atoms with Crippen LogP contribution >= 0.6 is 0 Å². The number of methoxy groups -OCH3 is 1. The van der Waals surface area contributed by atoms with E-state index in [9.17, 15) is 18.0 Å². The van der Waals surface area contributed by atoms with E-state index in [1.165, 1.54) is 31.6 Å². The second-order valence-corrected chi connectivity index (χ2v) is 5.63. The third-order valence-electron chi connectivity index (χ3n) is 3.86. The molecule has 0 saturated heterocycles. The number of halogens is 3. The number of aromatic nitrogens is 3. The fraction of sp³-hybridized carbons (Fsp3) is 0.167. The Labute approximate surface area is 152 Å². The zero-order chi connectivity index (χ0) is 19.4. The van der Waals surface area contributed by atoms with Crippen molar-refractivity contribution in [1.29, 1.82) is 0 Å². The average molecular weight is 376 g/mol. The first-order valence-electron chi connectivity index (χ1n) is 7.85. The van der Waals surface area contributed by atoms with Crippen molar-refractivity contribution in [3.63, 3.8) is 0 Å². The molecule has 1 amide bonds. The van der Waals surface area contributed by atoms with Crippen LogP contribution in [0.5, 0.6) is 5.75 Å². The summed E-state index contributed by atoms with van der Waals surface area (Å²) in [6.07, 6.45) is -1.08. The van der Waals surface area contributed by atoms with Gasteiger partial charge in [-0.2, -0.15) is 18.3 Å². The van der Waals surface area contributed by atoms with Crippen molar-refractivity contribution in [2.75, 3.05) is 7.11 Å². The number of hydrogen-bond donors (Lipinski definition) is 2. The molecule has 0 fully saturated rings. The van der Waals surface area contributed by atoms with E-state index in [2.05, 4.69) is 15.2 Å². The van der Waals surface area contributed by atoms with E-state index in [1.807, 2.05) is 5.32 Å². The summed E-state index contributed by atoms with van der Waals surface area (Å²) >= 11 is 0. The summed E-state index contributed by atoms with van der Waals surface area (Å²) in [6.45, 7) is 0. The highest BCUT2D eigenvalue weighted by atomic mass is 19.4. The predicted octanol–water partition coefficient (Wildman–Crippen LogP) is 3.51. The quantitative estimate of drug-likeness (QED) is 0.714. The third-order valence-corrected chi connectivity index (χ3v) is 3.86. The van der Waals surface area contributed by atoms with Crippen LogP contribution in [0.1, 0.15) is 22.0 Å². The summed E-state index contributed by atoms with van der Waals surface area (Å²) in [7, 11) is 1.49. The molecule has 0 spiro atoms. The van der Waals surface area contributed by atoms with Gasteiger partial charge in [0.2, 0.25) is 0 Å². The van der Waals surface area contributed by atoms with E-state index in [0.29, 0.717) is 17.0 Å². The normalized spacial score (nSPS) is 12.4. The van der Waals surface area contributed by atoms with Crippen molar-refractivity contribution in [2.45, 2.75) is 12.2 Å². The van der Waals surface area contributed by atoms with Gasteiger partial charge in [0.05, 0.1) is 24.6 Å². The van der Waals surface area contributed by atoms with Crippen LogP contribution in [0.3, 0.4) is 0 Å². The summed E-state index contributed by atoms with van der Waals surface area (Å²) in [4.78, 5) is 16.3. The van der Waals surface area contributed by atoms with E-state index in [4.69, 9.17) is 4.74 Å². The van der Waals surface area contributed by atoms with E-state index in [0.717, 1.165) is 6.20 Å². The average Bonchev–Trinajstić information content (AvgIpc) is 3.16. The van der Waals surface area contributed by atoms with E-state index >= 15 is 0 Å². The van der Waals surface area contributed by atoms with Gasteiger partial charge in [-0.3, -0.25) is 14.9 Å². The van der Waals surface area contributed by atoms with Crippen LogP contribution < -0.4 is 10.1 Å². The molecule has 1 aromatic carbocycles. The molecule has 0 aliphatic rings. The summed E-state index contributed by atoms with van der Waals surface area (Å²) in [5.74, 6) is -0.371. The molecule has 140 valence electrons. The second kappa shape index (κ2) is 7.48. The Morgan fingerprint density at radius 1 is 1.22 bits per heavy atom. The Kier molecular flexibility index (Phi) is 5.11. The second-order valence-electron chi connectivity index (χ2n) is 5.63. The molecule has 0 unspecified atom stereocenters. The minimum atomic E-state index is -4.68. The van der Waals surface area contributed by atoms with Crippen LogP contribution in [-0.4, -0.2) is 34.4 Å². The van der Waals surface area contributed by atoms with Crippen LogP contribution in [0, 0.1) is 0 Å². The van der Waals surface area contributed by atoms with Crippen LogP contribution in [-0.2, 0) is 0 Å². The lowest BCUT2D eigenvalue weighted by atomic mass is 10.1. The summed E-state index contributed by atoms with van der Waals surface area (Å²) in [6, 6.07) is 7.18. The van der Waals surface area contributed by atoms with Gasteiger partial charge in [-0.1, -0.05) is 18.2 Å². The largest absolute Gasteiger partial charge is 0.497 e. The molecule has 27 heavy (non-hydrogen) atoms. The number of carbonyl (C=O) groups excluding carboxylic acids is 1. The highest BCUT2D eigenvalue weighted by molar-refractivity contribution is 6.00. The highest BCUT2D eigenvalue weighted by Gasteiger charge is 2.42. The summed E-state index contributed by atoms with van der Waals surface area (Å²) in [5, 5.41) is 8.46. The monoisotopic (exact) mass is 376 g/mol. The molecule has 6 nitrogen and oxygen atoms in total. The Morgan fingerprint density at radius 2 is 2.04 bits per heavy atom. The lowest BCUT2D eigenvalue weighted by Crippen LogP contribution is -2.38. The first-order chi connectivity index (χ1) is 12.9. The number of amides is 1. The number of hydrogen-bond acceptors (Lipinski definition) is 4. The number of ether oxygens (including phenoxy) is 1. The van der Waals surface area contributed by atoms with E-state index in [-0.39, 0.29) is 11.1 Å². The fourth-order valence-electron chi connectivity index (χ4n) is 2.57. The maximum atomic E-state index is 13.4. The van der Waals surface area contributed by atoms with Crippen LogP contribution in [0.25, 0.3) is 11.3 Å². The van der Waals surface area contributed by atoms with Gasteiger partial charge in [0.1, 0.15) is 5.75 Å². The molecule has 2 heterocycles. The molecule has 0 radical (unpaired) electrons. The molecule has 0 saturated carbocycles. The molecular weight excluding hydrogens is 361 g/mol. The van der Waals surface area contributed by atoms with Crippen LogP contribution in [0.15, 0.2) is 55.0 Å². The van der Waals surface area contributed by atoms with Gasteiger partial charge < -0.3 is 10.1 Å². The molecule has 9 heteroatoms. The SMILES string of the molecule is COc1cccc(-c2[nH]ncc2C(=O)N[C@H](c2cccnc2)C(F)(F)F)c1. The highest BCUT2D eigenvalue weighted by Crippen LogP contribution is 2.33. The van der Waals surface area contributed by atoms with Crippen molar-refractivity contribution >= 4 is 5.91 Å². The lowest BCUT2D eigenvalue weighted by Gasteiger charge is -2.21. The number of carbonyl (C=O) groups is 1. The minimum Gasteiger partial charge on any atom is -0.497 e. The van der Waals surface area contributed by atoms with Crippen molar-refractivity contribution in [1.82, 2.24) is 20.5 Å². The molecule has 1 atom stereocenters. The zero-order valence-electron chi connectivity index (χ0n) is 14.1. The molecular formula is C18H15F3N4O2. The molecule has 2 aromatic heterocycles. The van der Waals surface area contributed by atoms with Gasteiger partial charge in [0.25, 0.3) is 5.91 Å². The van der Waals surface area contributed by atoms with E-state index in [1.54, 1.807) is 24.3 Å². The predicted molar refractivity (Wildman–Crippen MR) is 91.1 cm³/mol. The Morgan fingerprint density at radius 3 is 2.70 bits per heavy atom. The van der Waals surface area contributed by atoms with Crippen molar-refractivity contribution < 1.29 is 22.7 Å². The third kappa shape index (κ3) is 4.08. The maximum Gasteiger partial charge on any atom is 0.412 e. The van der Waals surface area contributed by atoms with Crippen LogP contribution in [0.2, 0.25) is 0 Å². The Balaban J connectivity index is 1.91. The fourth-order valence-corrected chi connectivity index (χ4v) is 2.57. The molecule has 3 aromatic rings. The number of alkyl halides is 3. The summed E-state index contributed by atoms with van der Waals surface area (Å²) in [5.41, 5.74) is 0.673. The van der Waals surface area contributed by atoms with Gasteiger partial charge in [-0.25, -0.2) is 0 Å². The molecule has 2 N–H and O–H groups in total. The van der Waals surface area contributed by atoms with Gasteiger partial charge in [-0.15, -0.1) is 0 Å². The molecule has 0 bridgehead atoms. The first-order valence-corrected chi connectivity index (χ1v) is 7.85.